The third-order valence-electron chi connectivity index (χ3n) is 7.84. The number of hydrogen-bond acceptors (Lipinski definition) is 3. The Labute approximate surface area is 260 Å². The molecule has 0 heterocycles. The van der Waals surface area contributed by atoms with Gasteiger partial charge in [0.2, 0.25) is 0 Å². The molecular formula is C38H68O4. The molecule has 0 amide bonds. The van der Waals surface area contributed by atoms with Gasteiger partial charge in [-0.05, 0) is 50.7 Å². The van der Waals surface area contributed by atoms with E-state index in [4.69, 9.17) is 9.84 Å². The summed E-state index contributed by atoms with van der Waals surface area (Å²) in [6, 6.07) is 0. The van der Waals surface area contributed by atoms with Gasteiger partial charge in [0.05, 0.1) is 0 Å². The summed E-state index contributed by atoms with van der Waals surface area (Å²) < 4.78 is 5.78. The molecule has 42 heavy (non-hydrogen) atoms. The lowest BCUT2D eigenvalue weighted by molar-refractivity contribution is -0.145. The second-order valence-corrected chi connectivity index (χ2v) is 12.0. The van der Waals surface area contributed by atoms with Crippen molar-refractivity contribution in [1.29, 1.82) is 0 Å². The molecule has 0 aliphatic rings. The molecule has 1 N–H and O–H groups in total. The minimum absolute atomic E-state index is 0.0993. The van der Waals surface area contributed by atoms with Crippen LogP contribution in [0.25, 0.3) is 0 Å². The standard InChI is InChI=1S/C38H68O4/c1-3-5-7-9-10-11-12-13-14-15-16-17-18-19-23-27-31-35-38(41)42-36(32-28-24-8-6-4-2)33-29-25-21-20-22-26-30-34-37(39)40/h6,8,28-29,32-33,36H,3-5,7,9-27,30-31,34-35H2,1-2H3,(H,39,40)/b8-6-,32-28-,33-29-/t36-/m0/s1. The maximum Gasteiger partial charge on any atom is 0.306 e. The van der Waals surface area contributed by atoms with Crippen LogP contribution in [0.5, 0.6) is 0 Å². The fraction of sp³-hybridized carbons (Fsp3) is 0.789. The van der Waals surface area contributed by atoms with Gasteiger partial charge < -0.3 is 9.84 Å². The molecular weight excluding hydrogens is 520 g/mol. The van der Waals surface area contributed by atoms with Gasteiger partial charge in [0, 0.05) is 12.8 Å². The maximum atomic E-state index is 12.5. The average molecular weight is 589 g/mol. The predicted octanol–water partition coefficient (Wildman–Crippen LogP) is 12.2. The number of unbranched alkanes of at least 4 members (excludes halogenated alkanes) is 21. The first-order valence-corrected chi connectivity index (χ1v) is 18.0. The fourth-order valence-electron chi connectivity index (χ4n) is 5.20. The molecule has 0 radical (unpaired) electrons. The Morgan fingerprint density at radius 3 is 1.50 bits per heavy atom. The van der Waals surface area contributed by atoms with Crippen molar-refractivity contribution in [3.05, 3.63) is 36.5 Å². The molecule has 0 aliphatic heterocycles. The largest absolute Gasteiger partial charge is 0.481 e. The van der Waals surface area contributed by atoms with Gasteiger partial charge in [0.15, 0.2) is 0 Å². The Bertz CT molecular complexity index is 679. The van der Waals surface area contributed by atoms with Crippen LogP contribution in [0.1, 0.15) is 187 Å². The highest BCUT2D eigenvalue weighted by Gasteiger charge is 2.08. The van der Waals surface area contributed by atoms with Gasteiger partial charge in [-0.1, -0.05) is 160 Å². The third kappa shape index (κ3) is 32.7. The Kier molecular flexibility index (Phi) is 32.2. The number of carbonyl (C=O) groups is 2. The Morgan fingerprint density at radius 2 is 1.00 bits per heavy atom. The fourth-order valence-corrected chi connectivity index (χ4v) is 5.20. The van der Waals surface area contributed by atoms with Crippen molar-refractivity contribution in [3.63, 3.8) is 0 Å². The summed E-state index contributed by atoms with van der Waals surface area (Å²) >= 11 is 0. The molecule has 1 atom stereocenters. The van der Waals surface area contributed by atoms with Crippen LogP contribution in [0, 0.1) is 0 Å². The number of hydrogen-bond donors (Lipinski definition) is 1. The van der Waals surface area contributed by atoms with Crippen molar-refractivity contribution >= 4 is 11.9 Å². The molecule has 0 fully saturated rings. The van der Waals surface area contributed by atoms with Gasteiger partial charge in [0.1, 0.15) is 6.10 Å². The molecule has 0 aromatic rings. The molecule has 244 valence electrons. The zero-order chi connectivity index (χ0) is 30.8. The summed E-state index contributed by atoms with van der Waals surface area (Å²) in [4.78, 5) is 23.1. The van der Waals surface area contributed by atoms with Gasteiger partial charge in [-0.25, -0.2) is 0 Å². The first-order valence-electron chi connectivity index (χ1n) is 18.0. The van der Waals surface area contributed by atoms with Gasteiger partial charge >= 0.3 is 11.9 Å². The van der Waals surface area contributed by atoms with Crippen LogP contribution in [-0.4, -0.2) is 23.1 Å². The van der Waals surface area contributed by atoms with E-state index in [1.165, 1.54) is 96.3 Å². The molecule has 4 heteroatoms. The number of carbonyl (C=O) groups excluding carboxylic acids is 1. The summed E-state index contributed by atoms with van der Waals surface area (Å²) in [5, 5.41) is 8.71. The molecule has 0 bridgehead atoms. The summed E-state index contributed by atoms with van der Waals surface area (Å²) in [6.07, 6.45) is 43.5. The number of carboxylic acid groups (broad SMARTS) is 1. The van der Waals surface area contributed by atoms with E-state index in [2.05, 4.69) is 38.2 Å². The van der Waals surface area contributed by atoms with E-state index in [1.807, 2.05) is 12.2 Å². The van der Waals surface area contributed by atoms with Gasteiger partial charge in [-0.3, -0.25) is 9.59 Å². The van der Waals surface area contributed by atoms with E-state index in [0.717, 1.165) is 64.2 Å². The normalized spacial score (nSPS) is 12.6. The van der Waals surface area contributed by atoms with Gasteiger partial charge in [0.25, 0.3) is 0 Å². The number of allylic oxidation sites excluding steroid dienone is 4. The quantitative estimate of drug-likeness (QED) is 0.0482. The van der Waals surface area contributed by atoms with Crippen molar-refractivity contribution < 1.29 is 19.4 Å². The number of ether oxygens (including phenoxy) is 1. The van der Waals surface area contributed by atoms with Crippen molar-refractivity contribution in [1.82, 2.24) is 0 Å². The first kappa shape index (κ1) is 40.2. The number of rotatable bonds is 32. The molecule has 4 nitrogen and oxygen atoms in total. The van der Waals surface area contributed by atoms with E-state index in [0.29, 0.717) is 6.42 Å². The highest BCUT2D eigenvalue weighted by Crippen LogP contribution is 2.15. The zero-order valence-corrected chi connectivity index (χ0v) is 27.8. The average Bonchev–Trinajstić information content (AvgIpc) is 2.97. The minimum atomic E-state index is -0.707. The van der Waals surface area contributed by atoms with Crippen LogP contribution in [0.15, 0.2) is 36.5 Å². The molecule has 0 spiro atoms. The zero-order valence-electron chi connectivity index (χ0n) is 27.8. The van der Waals surface area contributed by atoms with E-state index in [-0.39, 0.29) is 18.5 Å². The Morgan fingerprint density at radius 1 is 0.548 bits per heavy atom. The first-order chi connectivity index (χ1) is 20.6. The predicted molar refractivity (Wildman–Crippen MR) is 181 cm³/mol. The van der Waals surface area contributed by atoms with Crippen LogP contribution < -0.4 is 0 Å². The van der Waals surface area contributed by atoms with Crippen molar-refractivity contribution in [2.75, 3.05) is 0 Å². The van der Waals surface area contributed by atoms with Crippen molar-refractivity contribution in [3.8, 4) is 0 Å². The summed E-state index contributed by atoms with van der Waals surface area (Å²) in [6.45, 7) is 4.41. The summed E-state index contributed by atoms with van der Waals surface area (Å²) in [5.74, 6) is -0.806. The Hall–Kier alpha value is -1.84. The Balaban J connectivity index is 3.92. The SMILES string of the molecule is CC/C=C\C/C=C\[C@@H](/C=C\CCCCCCCC(=O)O)OC(=O)CCCCCCCCCCCCCCCCCCC. The molecule has 0 rings (SSSR count). The lowest BCUT2D eigenvalue weighted by Crippen LogP contribution is -2.13. The van der Waals surface area contributed by atoms with Crippen molar-refractivity contribution in [2.24, 2.45) is 0 Å². The topological polar surface area (TPSA) is 63.6 Å². The lowest BCUT2D eigenvalue weighted by atomic mass is 10.0. The van der Waals surface area contributed by atoms with Crippen LogP contribution in [0.3, 0.4) is 0 Å². The van der Waals surface area contributed by atoms with Gasteiger partial charge in [-0.2, -0.15) is 0 Å². The van der Waals surface area contributed by atoms with E-state index >= 15 is 0 Å². The molecule has 0 saturated carbocycles. The number of carboxylic acids is 1. The monoisotopic (exact) mass is 589 g/mol. The molecule has 0 aromatic heterocycles. The molecule has 0 saturated heterocycles. The summed E-state index contributed by atoms with van der Waals surface area (Å²) in [7, 11) is 0. The molecule has 0 aliphatic carbocycles. The smallest absolute Gasteiger partial charge is 0.306 e. The van der Waals surface area contributed by atoms with E-state index in [9.17, 15) is 9.59 Å². The van der Waals surface area contributed by atoms with Gasteiger partial charge in [-0.15, -0.1) is 0 Å². The van der Waals surface area contributed by atoms with Crippen LogP contribution >= 0.6 is 0 Å². The minimum Gasteiger partial charge on any atom is -0.481 e. The third-order valence-corrected chi connectivity index (χ3v) is 7.84. The maximum absolute atomic E-state index is 12.5. The van der Waals surface area contributed by atoms with Crippen molar-refractivity contribution in [2.45, 2.75) is 193 Å². The number of esters is 1. The summed E-state index contributed by atoms with van der Waals surface area (Å²) in [5.41, 5.74) is 0. The lowest BCUT2D eigenvalue weighted by Gasteiger charge is -2.11. The second-order valence-electron chi connectivity index (χ2n) is 12.0. The molecule has 0 unspecified atom stereocenters. The van der Waals surface area contributed by atoms with E-state index < -0.39 is 5.97 Å². The van der Waals surface area contributed by atoms with Crippen LogP contribution in [0.4, 0.5) is 0 Å². The molecule has 0 aromatic carbocycles. The van der Waals surface area contributed by atoms with E-state index in [1.54, 1.807) is 0 Å². The second kappa shape index (κ2) is 33.7. The highest BCUT2D eigenvalue weighted by atomic mass is 16.5. The number of aliphatic carboxylic acids is 1. The van der Waals surface area contributed by atoms with Crippen LogP contribution in [-0.2, 0) is 14.3 Å². The van der Waals surface area contributed by atoms with Crippen LogP contribution in [0.2, 0.25) is 0 Å². The highest BCUT2D eigenvalue weighted by molar-refractivity contribution is 5.69.